The lowest BCUT2D eigenvalue weighted by atomic mass is 9.57. The van der Waals surface area contributed by atoms with Crippen molar-refractivity contribution in [3.05, 3.63) is 35.1 Å². The second-order valence-electron chi connectivity index (χ2n) is 8.28. The number of rotatable bonds is 5. The van der Waals surface area contributed by atoms with E-state index in [4.69, 9.17) is 4.74 Å². The highest BCUT2D eigenvalue weighted by atomic mass is 127. The van der Waals surface area contributed by atoms with Gasteiger partial charge in [0.15, 0.2) is 5.96 Å². The molecular weight excluding hydrogens is 458 g/mol. The summed E-state index contributed by atoms with van der Waals surface area (Å²) in [4.78, 5) is 6.33. The molecular formula is C20H32FIN4O. The standard InChI is InChI=1S/C20H31FN4O.HI/c1-20(2)17(15-8-9-26-18(15)20)24-19(22-3)23-11-13-6-7-16(21)14(10-13)12-25(4)5;/h6-7,10,15,17-18H,8-9,11-12H2,1-5H3,(H2,22,23,24);1H. The van der Waals surface area contributed by atoms with E-state index in [2.05, 4.69) is 29.5 Å². The second-order valence-corrected chi connectivity index (χ2v) is 8.28. The number of aliphatic imine (C=N–C) groups is 1. The van der Waals surface area contributed by atoms with Crippen LogP contribution in [-0.2, 0) is 17.8 Å². The molecule has 0 aromatic heterocycles. The maximum atomic E-state index is 13.9. The van der Waals surface area contributed by atoms with Gasteiger partial charge in [0.05, 0.1) is 6.10 Å². The molecule has 7 heteroatoms. The number of nitrogens with one attached hydrogen (secondary N) is 2. The van der Waals surface area contributed by atoms with Crippen LogP contribution in [0.2, 0.25) is 0 Å². The molecule has 1 aromatic carbocycles. The molecule has 1 heterocycles. The number of hydrogen-bond donors (Lipinski definition) is 2. The molecule has 27 heavy (non-hydrogen) atoms. The molecule has 1 saturated carbocycles. The fourth-order valence-electron chi connectivity index (χ4n) is 4.34. The maximum Gasteiger partial charge on any atom is 0.191 e. The minimum absolute atomic E-state index is 0. The molecule has 0 amide bonds. The van der Waals surface area contributed by atoms with Crippen LogP contribution in [0.15, 0.2) is 23.2 Å². The zero-order chi connectivity index (χ0) is 18.9. The van der Waals surface area contributed by atoms with Gasteiger partial charge in [0, 0.05) is 49.7 Å². The van der Waals surface area contributed by atoms with Crippen LogP contribution in [0, 0.1) is 17.2 Å². The average molecular weight is 490 g/mol. The van der Waals surface area contributed by atoms with Gasteiger partial charge in [-0.3, -0.25) is 4.99 Å². The second kappa shape index (κ2) is 9.05. The molecule has 1 aromatic rings. The van der Waals surface area contributed by atoms with E-state index in [0.717, 1.165) is 24.6 Å². The first-order valence-electron chi connectivity index (χ1n) is 9.33. The fraction of sp³-hybridized carbons (Fsp3) is 0.650. The number of nitrogens with zero attached hydrogens (tertiary/aromatic N) is 2. The van der Waals surface area contributed by atoms with Crippen LogP contribution in [0.3, 0.4) is 0 Å². The molecule has 3 atom stereocenters. The summed E-state index contributed by atoms with van der Waals surface area (Å²) in [5, 5.41) is 6.93. The Kier molecular flexibility index (Phi) is 7.49. The van der Waals surface area contributed by atoms with Crippen LogP contribution in [0.5, 0.6) is 0 Å². The summed E-state index contributed by atoms with van der Waals surface area (Å²) >= 11 is 0. The van der Waals surface area contributed by atoms with Crippen molar-refractivity contribution in [3.8, 4) is 0 Å². The molecule has 1 aliphatic heterocycles. The lowest BCUT2D eigenvalue weighted by molar-refractivity contribution is -0.106. The Labute approximate surface area is 179 Å². The minimum atomic E-state index is -0.159. The number of fused-ring (bicyclic) bond motifs is 1. The highest BCUT2D eigenvalue weighted by molar-refractivity contribution is 14.0. The molecule has 1 aliphatic carbocycles. The van der Waals surface area contributed by atoms with Crippen molar-refractivity contribution in [2.45, 2.75) is 45.5 Å². The number of halogens is 2. The van der Waals surface area contributed by atoms with Gasteiger partial charge in [-0.15, -0.1) is 24.0 Å². The van der Waals surface area contributed by atoms with E-state index in [1.54, 1.807) is 13.1 Å². The van der Waals surface area contributed by atoms with Gasteiger partial charge in [-0.1, -0.05) is 19.9 Å². The predicted molar refractivity (Wildman–Crippen MR) is 118 cm³/mol. The Hall–Kier alpha value is -0.930. The van der Waals surface area contributed by atoms with Crippen molar-refractivity contribution in [1.82, 2.24) is 15.5 Å². The third-order valence-electron chi connectivity index (χ3n) is 5.67. The van der Waals surface area contributed by atoms with E-state index in [0.29, 0.717) is 36.7 Å². The summed E-state index contributed by atoms with van der Waals surface area (Å²) in [7, 11) is 5.67. The Balaban J connectivity index is 0.00000261. The SMILES string of the molecule is CN=C(NCc1ccc(F)c(CN(C)C)c1)NC1C2CCOC2C1(C)C.I. The summed E-state index contributed by atoms with van der Waals surface area (Å²) < 4.78 is 19.8. The third kappa shape index (κ3) is 4.74. The number of guanidine groups is 1. The van der Waals surface area contributed by atoms with Gasteiger partial charge in [0.1, 0.15) is 5.82 Å². The zero-order valence-corrected chi connectivity index (χ0v) is 19.2. The highest BCUT2D eigenvalue weighted by Gasteiger charge is 2.59. The molecule has 3 rings (SSSR count). The fourth-order valence-corrected chi connectivity index (χ4v) is 4.34. The quantitative estimate of drug-likeness (QED) is 0.379. The topological polar surface area (TPSA) is 48.9 Å². The van der Waals surface area contributed by atoms with Crippen LogP contribution >= 0.6 is 24.0 Å². The summed E-state index contributed by atoms with van der Waals surface area (Å²) in [6.45, 7) is 6.55. The van der Waals surface area contributed by atoms with Gasteiger partial charge in [-0.2, -0.15) is 0 Å². The first kappa shape index (κ1) is 22.4. The van der Waals surface area contributed by atoms with E-state index in [1.807, 2.05) is 31.1 Å². The van der Waals surface area contributed by atoms with Gasteiger partial charge in [0.2, 0.25) is 0 Å². The van der Waals surface area contributed by atoms with Gasteiger partial charge >= 0.3 is 0 Å². The van der Waals surface area contributed by atoms with Crippen LogP contribution < -0.4 is 10.6 Å². The number of hydrogen-bond acceptors (Lipinski definition) is 3. The molecule has 2 N–H and O–H groups in total. The number of benzene rings is 1. The monoisotopic (exact) mass is 490 g/mol. The molecule has 0 spiro atoms. The van der Waals surface area contributed by atoms with Crippen molar-refractivity contribution in [2.75, 3.05) is 27.7 Å². The molecule has 0 bridgehead atoms. The Morgan fingerprint density at radius 3 is 2.78 bits per heavy atom. The Morgan fingerprint density at radius 1 is 1.37 bits per heavy atom. The van der Waals surface area contributed by atoms with E-state index in [1.165, 1.54) is 0 Å². The van der Waals surface area contributed by atoms with Crippen LogP contribution in [0.25, 0.3) is 0 Å². The van der Waals surface area contributed by atoms with Crippen molar-refractivity contribution in [2.24, 2.45) is 16.3 Å². The lowest BCUT2D eigenvalue weighted by Crippen LogP contribution is -2.67. The van der Waals surface area contributed by atoms with Crippen molar-refractivity contribution in [1.29, 1.82) is 0 Å². The Bertz CT molecular complexity index is 680. The van der Waals surface area contributed by atoms with Crippen LogP contribution in [0.1, 0.15) is 31.4 Å². The number of ether oxygens (including phenoxy) is 1. The summed E-state index contributed by atoms with van der Waals surface area (Å²) in [6, 6.07) is 5.65. The minimum Gasteiger partial charge on any atom is -0.377 e. The van der Waals surface area contributed by atoms with Crippen molar-refractivity contribution in [3.63, 3.8) is 0 Å². The van der Waals surface area contributed by atoms with Gasteiger partial charge in [0.25, 0.3) is 0 Å². The van der Waals surface area contributed by atoms with E-state index < -0.39 is 0 Å². The molecule has 152 valence electrons. The van der Waals surface area contributed by atoms with E-state index >= 15 is 0 Å². The molecule has 1 saturated heterocycles. The highest BCUT2D eigenvalue weighted by Crippen LogP contribution is 2.52. The molecule has 3 unspecified atom stereocenters. The largest absolute Gasteiger partial charge is 0.377 e. The van der Waals surface area contributed by atoms with Crippen molar-refractivity contribution >= 4 is 29.9 Å². The van der Waals surface area contributed by atoms with E-state index in [9.17, 15) is 4.39 Å². The lowest BCUT2D eigenvalue weighted by Gasteiger charge is -2.54. The summed E-state index contributed by atoms with van der Waals surface area (Å²) in [5.41, 5.74) is 1.86. The molecule has 0 radical (unpaired) electrons. The molecule has 2 aliphatic rings. The molecule has 5 nitrogen and oxygen atoms in total. The van der Waals surface area contributed by atoms with Crippen molar-refractivity contribution < 1.29 is 9.13 Å². The smallest absolute Gasteiger partial charge is 0.191 e. The summed E-state index contributed by atoms with van der Waals surface area (Å²) in [5.74, 6) is 1.18. The van der Waals surface area contributed by atoms with Gasteiger partial charge in [-0.05, 0) is 38.2 Å². The first-order chi connectivity index (χ1) is 12.3. The predicted octanol–water partition coefficient (Wildman–Crippen LogP) is 2.98. The Morgan fingerprint density at radius 2 is 2.11 bits per heavy atom. The zero-order valence-electron chi connectivity index (χ0n) is 16.9. The summed E-state index contributed by atoms with van der Waals surface area (Å²) in [6.07, 6.45) is 1.46. The molecule has 2 fully saturated rings. The van der Waals surface area contributed by atoms with Crippen LogP contribution in [0.4, 0.5) is 4.39 Å². The van der Waals surface area contributed by atoms with Gasteiger partial charge < -0.3 is 20.3 Å². The normalized spacial score (nSPS) is 26.2. The van der Waals surface area contributed by atoms with E-state index in [-0.39, 0.29) is 35.2 Å². The van der Waals surface area contributed by atoms with Gasteiger partial charge in [-0.25, -0.2) is 4.39 Å². The maximum absolute atomic E-state index is 13.9. The van der Waals surface area contributed by atoms with Crippen LogP contribution in [-0.4, -0.2) is 50.8 Å². The average Bonchev–Trinajstić information content (AvgIpc) is 3.04. The third-order valence-corrected chi connectivity index (χ3v) is 5.67. The first-order valence-corrected chi connectivity index (χ1v) is 9.33.